The zero-order valence-electron chi connectivity index (χ0n) is 9.03. The number of carbonyl (C=O) groups excluding carboxylic acids is 1. The Kier molecular flexibility index (Phi) is 2.71. The minimum absolute atomic E-state index is 0.105. The average Bonchev–Trinajstić information content (AvgIpc) is 3.07. The summed E-state index contributed by atoms with van der Waals surface area (Å²) in [6, 6.07) is 2.65. The average molecular weight is 236 g/mol. The second-order valence-corrected chi connectivity index (χ2v) is 4.21. The molecular weight excluding hydrogens is 224 g/mol. The first kappa shape index (κ1) is 11.4. The van der Waals surface area contributed by atoms with E-state index in [9.17, 15) is 14.4 Å². The van der Waals surface area contributed by atoms with E-state index in [1.165, 1.54) is 18.3 Å². The van der Waals surface area contributed by atoms with Crippen molar-refractivity contribution in [2.75, 3.05) is 6.54 Å². The van der Waals surface area contributed by atoms with Crippen molar-refractivity contribution >= 4 is 11.9 Å². The Morgan fingerprint density at radius 1 is 1.47 bits per heavy atom. The fourth-order valence-corrected chi connectivity index (χ4v) is 1.55. The van der Waals surface area contributed by atoms with Crippen molar-refractivity contribution in [2.45, 2.75) is 12.8 Å². The van der Waals surface area contributed by atoms with E-state index in [1.54, 1.807) is 0 Å². The van der Waals surface area contributed by atoms with E-state index in [4.69, 9.17) is 5.11 Å². The lowest BCUT2D eigenvalue weighted by Gasteiger charge is -2.10. The number of hydrogen-bond donors (Lipinski definition) is 3. The molecule has 2 rings (SSSR count). The Bertz CT molecular complexity index is 516. The van der Waals surface area contributed by atoms with Gasteiger partial charge in [0, 0.05) is 24.4 Å². The Morgan fingerprint density at radius 3 is 2.71 bits per heavy atom. The number of pyridine rings is 1. The summed E-state index contributed by atoms with van der Waals surface area (Å²) >= 11 is 0. The molecule has 1 aromatic rings. The summed E-state index contributed by atoms with van der Waals surface area (Å²) < 4.78 is 0. The first-order valence-electron chi connectivity index (χ1n) is 5.24. The number of carbonyl (C=O) groups is 2. The highest BCUT2D eigenvalue weighted by Gasteiger charge is 2.50. The van der Waals surface area contributed by atoms with Crippen molar-refractivity contribution in [3.63, 3.8) is 0 Å². The third kappa shape index (κ3) is 2.35. The second kappa shape index (κ2) is 4.04. The first-order chi connectivity index (χ1) is 8.03. The Balaban J connectivity index is 1.99. The molecule has 0 spiro atoms. The summed E-state index contributed by atoms with van der Waals surface area (Å²) in [5.74, 6) is -1.31. The molecular formula is C11H12N2O4. The van der Waals surface area contributed by atoms with Crippen LogP contribution in [0.3, 0.4) is 0 Å². The van der Waals surface area contributed by atoms with E-state index >= 15 is 0 Å². The van der Waals surface area contributed by atoms with Crippen LogP contribution in [0.25, 0.3) is 0 Å². The maximum Gasteiger partial charge on any atom is 0.311 e. The Morgan fingerprint density at radius 2 is 2.18 bits per heavy atom. The number of H-pyrrole nitrogens is 1. The van der Waals surface area contributed by atoms with Crippen LogP contribution in [-0.4, -0.2) is 28.5 Å². The minimum atomic E-state index is -0.885. The normalized spacial score (nSPS) is 16.2. The van der Waals surface area contributed by atoms with Gasteiger partial charge in [0.1, 0.15) is 0 Å². The molecule has 0 aliphatic heterocycles. The van der Waals surface area contributed by atoms with Crippen LogP contribution in [-0.2, 0) is 4.79 Å². The summed E-state index contributed by atoms with van der Waals surface area (Å²) in [5, 5.41) is 11.5. The SMILES string of the molecule is O=C(NCC1(C(=O)O)CC1)c1cc[nH]c(=O)c1. The largest absolute Gasteiger partial charge is 0.481 e. The molecule has 17 heavy (non-hydrogen) atoms. The smallest absolute Gasteiger partial charge is 0.311 e. The predicted octanol–water partition coefficient (Wildman–Crippen LogP) is -0.0305. The molecule has 1 aliphatic rings. The third-order valence-corrected chi connectivity index (χ3v) is 2.93. The van der Waals surface area contributed by atoms with E-state index < -0.39 is 17.3 Å². The number of carboxylic acid groups (broad SMARTS) is 1. The van der Waals surface area contributed by atoms with Gasteiger partial charge in [0.2, 0.25) is 5.56 Å². The summed E-state index contributed by atoms with van der Waals surface area (Å²) in [7, 11) is 0. The van der Waals surface area contributed by atoms with E-state index in [0.29, 0.717) is 12.8 Å². The lowest BCUT2D eigenvalue weighted by Crippen LogP contribution is -2.34. The van der Waals surface area contributed by atoms with Crippen molar-refractivity contribution in [1.29, 1.82) is 0 Å². The number of amides is 1. The maximum atomic E-state index is 11.6. The highest BCUT2D eigenvalue weighted by Crippen LogP contribution is 2.45. The molecule has 1 amide bonds. The summed E-state index contributed by atoms with van der Waals surface area (Å²) in [6.07, 6.45) is 2.54. The van der Waals surface area contributed by atoms with Gasteiger partial charge < -0.3 is 15.4 Å². The molecule has 1 heterocycles. The van der Waals surface area contributed by atoms with Gasteiger partial charge in [-0.1, -0.05) is 0 Å². The van der Waals surface area contributed by atoms with Gasteiger partial charge in [0.15, 0.2) is 0 Å². The molecule has 0 aromatic carbocycles. The van der Waals surface area contributed by atoms with Gasteiger partial charge in [0.25, 0.3) is 5.91 Å². The predicted molar refractivity (Wildman–Crippen MR) is 58.7 cm³/mol. The summed E-state index contributed by atoms with van der Waals surface area (Å²) in [5.41, 5.74) is -0.927. The van der Waals surface area contributed by atoms with Crippen LogP contribution in [0.2, 0.25) is 0 Å². The number of aliphatic carboxylic acids is 1. The standard InChI is InChI=1S/C11H12N2O4/c14-8-5-7(1-4-12-8)9(15)13-6-11(2-3-11)10(16)17/h1,4-5H,2-3,6H2,(H,12,14)(H,13,15)(H,16,17). The molecule has 0 bridgehead atoms. The quantitative estimate of drug-likeness (QED) is 0.683. The fraction of sp³-hybridized carbons (Fsp3) is 0.364. The number of hydrogen-bond acceptors (Lipinski definition) is 3. The van der Waals surface area contributed by atoms with Crippen molar-refractivity contribution < 1.29 is 14.7 Å². The molecule has 0 atom stereocenters. The maximum absolute atomic E-state index is 11.6. The molecule has 1 aromatic heterocycles. The van der Waals surface area contributed by atoms with Crippen molar-refractivity contribution in [3.05, 3.63) is 34.2 Å². The number of carboxylic acids is 1. The molecule has 6 heteroatoms. The van der Waals surface area contributed by atoms with Gasteiger partial charge in [0.05, 0.1) is 5.41 Å². The van der Waals surface area contributed by atoms with Gasteiger partial charge in [-0.05, 0) is 18.9 Å². The van der Waals surface area contributed by atoms with E-state index in [1.807, 2.05) is 0 Å². The highest BCUT2D eigenvalue weighted by molar-refractivity contribution is 5.94. The van der Waals surface area contributed by atoms with Crippen LogP contribution in [0.5, 0.6) is 0 Å². The first-order valence-corrected chi connectivity index (χ1v) is 5.24. The number of rotatable bonds is 4. The van der Waals surface area contributed by atoms with Crippen molar-refractivity contribution in [2.24, 2.45) is 5.41 Å². The lowest BCUT2D eigenvalue weighted by atomic mass is 10.1. The van der Waals surface area contributed by atoms with Gasteiger partial charge in [-0.3, -0.25) is 14.4 Å². The zero-order chi connectivity index (χ0) is 12.5. The van der Waals surface area contributed by atoms with Crippen LogP contribution >= 0.6 is 0 Å². The van der Waals surface area contributed by atoms with E-state index in [-0.39, 0.29) is 17.7 Å². The van der Waals surface area contributed by atoms with E-state index in [2.05, 4.69) is 10.3 Å². The van der Waals surface area contributed by atoms with Crippen molar-refractivity contribution in [1.82, 2.24) is 10.3 Å². The van der Waals surface area contributed by atoms with Gasteiger partial charge in [-0.25, -0.2) is 0 Å². The summed E-state index contributed by atoms with van der Waals surface area (Å²) in [4.78, 5) is 35.9. The van der Waals surface area contributed by atoms with Crippen LogP contribution in [0.15, 0.2) is 23.1 Å². The minimum Gasteiger partial charge on any atom is -0.481 e. The molecule has 1 fully saturated rings. The highest BCUT2D eigenvalue weighted by atomic mass is 16.4. The molecule has 1 aliphatic carbocycles. The molecule has 6 nitrogen and oxygen atoms in total. The number of aromatic amines is 1. The van der Waals surface area contributed by atoms with Crippen LogP contribution in [0.4, 0.5) is 0 Å². The molecule has 0 saturated heterocycles. The monoisotopic (exact) mass is 236 g/mol. The molecule has 90 valence electrons. The second-order valence-electron chi connectivity index (χ2n) is 4.21. The molecule has 1 saturated carbocycles. The summed E-state index contributed by atoms with van der Waals surface area (Å²) in [6.45, 7) is 0.105. The number of nitrogens with one attached hydrogen (secondary N) is 2. The lowest BCUT2D eigenvalue weighted by molar-refractivity contribution is -0.143. The van der Waals surface area contributed by atoms with Gasteiger partial charge in [-0.15, -0.1) is 0 Å². The van der Waals surface area contributed by atoms with Crippen molar-refractivity contribution in [3.8, 4) is 0 Å². The van der Waals surface area contributed by atoms with E-state index in [0.717, 1.165) is 0 Å². The molecule has 0 unspecified atom stereocenters. The van der Waals surface area contributed by atoms with Crippen LogP contribution in [0.1, 0.15) is 23.2 Å². The Labute approximate surface area is 96.7 Å². The molecule has 3 N–H and O–H groups in total. The fourth-order valence-electron chi connectivity index (χ4n) is 1.55. The zero-order valence-corrected chi connectivity index (χ0v) is 9.03. The molecule has 0 radical (unpaired) electrons. The third-order valence-electron chi connectivity index (χ3n) is 2.93. The van der Waals surface area contributed by atoms with Gasteiger partial charge in [-0.2, -0.15) is 0 Å². The number of aromatic nitrogens is 1. The van der Waals surface area contributed by atoms with Crippen LogP contribution in [0, 0.1) is 5.41 Å². The topological polar surface area (TPSA) is 99.3 Å². The van der Waals surface area contributed by atoms with Crippen LogP contribution < -0.4 is 10.9 Å². The van der Waals surface area contributed by atoms with Gasteiger partial charge >= 0.3 is 5.97 Å². The Hall–Kier alpha value is -2.11.